The Bertz CT molecular complexity index is 559. The fraction of sp³-hybridized carbons (Fsp3) is 0.667. The topological polar surface area (TPSA) is 86.6 Å². The minimum atomic E-state index is -1.06. The van der Waals surface area contributed by atoms with Gasteiger partial charge in [-0.3, -0.25) is 0 Å². The molecule has 25 heavy (non-hydrogen) atoms. The van der Waals surface area contributed by atoms with Crippen LogP contribution in [0.1, 0.15) is 26.3 Å². The van der Waals surface area contributed by atoms with Crippen LogP contribution >= 0.6 is 0 Å². The van der Waals surface area contributed by atoms with Crippen molar-refractivity contribution in [3.05, 3.63) is 29.8 Å². The molecule has 1 aromatic rings. The van der Waals surface area contributed by atoms with Gasteiger partial charge in [0.1, 0.15) is 30.2 Å². The third-order valence-electron chi connectivity index (χ3n) is 4.27. The number of aliphatic hydroxyl groups excluding tert-OH is 2. The van der Waals surface area contributed by atoms with Crippen LogP contribution < -0.4 is 4.74 Å². The molecule has 0 radical (unpaired) electrons. The van der Waals surface area contributed by atoms with Gasteiger partial charge in [-0.1, -0.05) is 12.1 Å². The first-order valence-electron chi connectivity index (χ1n) is 8.57. The lowest BCUT2D eigenvalue weighted by molar-refractivity contribution is -0.232. The normalized spacial score (nSPS) is 31.7. The Kier molecular flexibility index (Phi) is 5.62. The molecule has 3 rings (SSSR count). The maximum Gasteiger partial charge on any atom is 0.190 e. The first-order chi connectivity index (χ1) is 11.9. The summed E-state index contributed by atoms with van der Waals surface area (Å²) in [6, 6.07) is 7.61. The third-order valence-corrected chi connectivity index (χ3v) is 4.27. The predicted octanol–water partition coefficient (Wildman–Crippen LogP) is 1.20. The number of aliphatic hydroxyl groups is 2. The smallest absolute Gasteiger partial charge is 0.190 e. The monoisotopic (exact) mass is 354 g/mol. The van der Waals surface area contributed by atoms with Gasteiger partial charge in [0.15, 0.2) is 12.1 Å². The van der Waals surface area contributed by atoms with Gasteiger partial charge in [0.2, 0.25) is 0 Å². The molecule has 2 saturated heterocycles. The van der Waals surface area contributed by atoms with Crippen LogP contribution in [0.3, 0.4) is 0 Å². The van der Waals surface area contributed by atoms with Crippen LogP contribution in [0.4, 0.5) is 0 Å². The maximum atomic E-state index is 10.0. The van der Waals surface area contributed by atoms with Gasteiger partial charge in [0.25, 0.3) is 0 Å². The summed E-state index contributed by atoms with van der Waals surface area (Å²) in [7, 11) is 0. The molecule has 2 aliphatic heterocycles. The van der Waals surface area contributed by atoms with Gasteiger partial charge in [-0.05, 0) is 38.5 Å². The second kappa shape index (κ2) is 7.57. The van der Waals surface area contributed by atoms with Crippen molar-refractivity contribution in [1.29, 1.82) is 0 Å². The van der Waals surface area contributed by atoms with E-state index in [0.29, 0.717) is 13.2 Å². The lowest BCUT2D eigenvalue weighted by atomic mass is 10.1. The first-order valence-corrected chi connectivity index (χ1v) is 8.57. The van der Waals surface area contributed by atoms with Crippen LogP contribution in [-0.2, 0) is 25.6 Å². The summed E-state index contributed by atoms with van der Waals surface area (Å²) < 4.78 is 28.7. The van der Waals surface area contributed by atoms with Crippen molar-refractivity contribution in [2.24, 2.45) is 0 Å². The Morgan fingerprint density at radius 1 is 1.20 bits per heavy atom. The second-order valence-electron chi connectivity index (χ2n) is 6.67. The molecule has 2 fully saturated rings. The molecule has 0 unspecified atom stereocenters. The number of ether oxygens (including phenoxy) is 5. The molecule has 5 atom stereocenters. The van der Waals surface area contributed by atoms with Crippen molar-refractivity contribution in [3.63, 3.8) is 0 Å². The van der Waals surface area contributed by atoms with E-state index in [1.54, 1.807) is 13.8 Å². The SMILES string of the molecule is CCOc1ccc(CO[C@@H]2[C@H]3OC(C)(C)O[C@H]3O[C@@H]2[C@H](O)CO)cc1. The van der Waals surface area contributed by atoms with Gasteiger partial charge in [0, 0.05) is 0 Å². The lowest BCUT2D eigenvalue weighted by Gasteiger charge is -2.28. The molecule has 0 aliphatic carbocycles. The number of rotatable bonds is 7. The van der Waals surface area contributed by atoms with Gasteiger partial charge in [-0.25, -0.2) is 0 Å². The summed E-state index contributed by atoms with van der Waals surface area (Å²) >= 11 is 0. The average molecular weight is 354 g/mol. The molecule has 0 amide bonds. The summed E-state index contributed by atoms with van der Waals surface area (Å²) in [5, 5.41) is 19.3. The molecular formula is C18H26O7. The summed E-state index contributed by atoms with van der Waals surface area (Å²) in [6.07, 6.45) is -3.39. The molecule has 2 aliphatic rings. The van der Waals surface area contributed by atoms with E-state index in [1.807, 2.05) is 31.2 Å². The van der Waals surface area contributed by atoms with E-state index in [2.05, 4.69) is 0 Å². The fourth-order valence-electron chi connectivity index (χ4n) is 3.15. The average Bonchev–Trinajstić information content (AvgIpc) is 3.05. The largest absolute Gasteiger partial charge is 0.494 e. The molecule has 7 heteroatoms. The van der Waals surface area contributed by atoms with E-state index in [9.17, 15) is 10.2 Å². The second-order valence-corrected chi connectivity index (χ2v) is 6.67. The van der Waals surface area contributed by atoms with E-state index in [4.69, 9.17) is 23.7 Å². The summed E-state index contributed by atoms with van der Waals surface area (Å²) in [5.74, 6) is 0.0314. The van der Waals surface area contributed by atoms with Crippen molar-refractivity contribution in [1.82, 2.24) is 0 Å². The highest BCUT2D eigenvalue weighted by molar-refractivity contribution is 5.26. The van der Waals surface area contributed by atoms with E-state index in [0.717, 1.165) is 11.3 Å². The van der Waals surface area contributed by atoms with Crippen LogP contribution in [0.25, 0.3) is 0 Å². The summed E-state index contributed by atoms with van der Waals surface area (Å²) in [4.78, 5) is 0. The van der Waals surface area contributed by atoms with Crippen LogP contribution in [0, 0.1) is 0 Å². The van der Waals surface area contributed by atoms with Crippen molar-refractivity contribution in [2.75, 3.05) is 13.2 Å². The molecule has 1 aromatic carbocycles. The van der Waals surface area contributed by atoms with Crippen LogP contribution in [0.15, 0.2) is 24.3 Å². The molecule has 0 spiro atoms. The van der Waals surface area contributed by atoms with Crippen molar-refractivity contribution < 1.29 is 33.9 Å². The maximum absolute atomic E-state index is 10.0. The van der Waals surface area contributed by atoms with E-state index in [-0.39, 0.29) is 0 Å². The zero-order valence-electron chi connectivity index (χ0n) is 14.8. The van der Waals surface area contributed by atoms with Crippen molar-refractivity contribution in [3.8, 4) is 5.75 Å². The van der Waals surface area contributed by atoms with Gasteiger partial charge in [-0.15, -0.1) is 0 Å². The number of hydrogen-bond donors (Lipinski definition) is 2. The molecule has 2 N–H and O–H groups in total. The highest BCUT2D eigenvalue weighted by Crippen LogP contribution is 2.39. The Morgan fingerprint density at radius 3 is 2.56 bits per heavy atom. The highest BCUT2D eigenvalue weighted by Gasteiger charge is 2.56. The first kappa shape index (κ1) is 18.6. The molecule has 2 heterocycles. The molecule has 7 nitrogen and oxygen atoms in total. The van der Waals surface area contributed by atoms with Crippen molar-refractivity contribution >= 4 is 0 Å². The minimum Gasteiger partial charge on any atom is -0.494 e. The Balaban J connectivity index is 1.66. The van der Waals surface area contributed by atoms with Gasteiger partial charge in [0.05, 0.1) is 19.8 Å². The summed E-state index contributed by atoms with van der Waals surface area (Å²) in [6.45, 7) is 6.06. The zero-order chi connectivity index (χ0) is 18.0. The quantitative estimate of drug-likeness (QED) is 0.761. The van der Waals surface area contributed by atoms with E-state index in [1.165, 1.54) is 0 Å². The molecule has 0 aromatic heterocycles. The Labute approximate surface area is 147 Å². The predicted molar refractivity (Wildman–Crippen MR) is 88.0 cm³/mol. The van der Waals surface area contributed by atoms with E-state index < -0.39 is 43.1 Å². The lowest BCUT2D eigenvalue weighted by Crippen LogP contribution is -2.44. The number of hydrogen-bond acceptors (Lipinski definition) is 7. The molecule has 0 saturated carbocycles. The zero-order valence-corrected chi connectivity index (χ0v) is 14.8. The summed E-state index contributed by atoms with van der Waals surface area (Å²) in [5.41, 5.74) is 0.960. The standard InChI is InChI=1S/C18H26O7/c1-4-21-12-7-5-11(6-8-12)10-22-15-14(13(20)9-19)23-17-16(15)24-18(2,3)25-17/h5-8,13-17,19-20H,4,9-10H2,1-3H3/t13-,14-,15+,16-,17-/m1/s1. The van der Waals surface area contributed by atoms with E-state index >= 15 is 0 Å². The highest BCUT2D eigenvalue weighted by atomic mass is 16.8. The van der Waals surface area contributed by atoms with Crippen LogP contribution in [0.5, 0.6) is 5.75 Å². The third kappa shape index (κ3) is 4.13. The van der Waals surface area contributed by atoms with Gasteiger partial charge >= 0.3 is 0 Å². The van der Waals surface area contributed by atoms with Crippen molar-refractivity contribution in [2.45, 2.75) is 63.9 Å². The van der Waals surface area contributed by atoms with Gasteiger partial charge < -0.3 is 33.9 Å². The van der Waals surface area contributed by atoms with Crippen LogP contribution in [-0.4, -0.2) is 59.9 Å². The number of fused-ring (bicyclic) bond motifs is 1. The minimum absolute atomic E-state index is 0.322. The fourth-order valence-corrected chi connectivity index (χ4v) is 3.15. The van der Waals surface area contributed by atoms with Crippen LogP contribution in [0.2, 0.25) is 0 Å². The Morgan fingerprint density at radius 2 is 1.92 bits per heavy atom. The number of benzene rings is 1. The van der Waals surface area contributed by atoms with Gasteiger partial charge in [-0.2, -0.15) is 0 Å². The molecule has 140 valence electrons. The molecular weight excluding hydrogens is 328 g/mol. The molecule has 0 bridgehead atoms. The Hall–Kier alpha value is -1.22.